The summed E-state index contributed by atoms with van der Waals surface area (Å²) in [6, 6.07) is 0. The van der Waals surface area contributed by atoms with E-state index in [0.717, 1.165) is 12.8 Å². The Morgan fingerprint density at radius 3 is 2.38 bits per heavy atom. The molecule has 0 aliphatic heterocycles. The number of hydrogen-bond donors (Lipinski definition) is 1. The van der Waals surface area contributed by atoms with Gasteiger partial charge in [-0.1, -0.05) is 35.2 Å². The zero-order chi connectivity index (χ0) is 9.90. The van der Waals surface area contributed by atoms with Crippen LogP contribution in [-0.4, -0.2) is 16.3 Å². The van der Waals surface area contributed by atoms with Gasteiger partial charge in [-0.25, -0.2) is 0 Å². The fourth-order valence-electron chi connectivity index (χ4n) is 1.85. The lowest BCUT2D eigenvalue weighted by molar-refractivity contribution is -0.122. The van der Waals surface area contributed by atoms with Gasteiger partial charge in [-0.3, -0.25) is 4.79 Å². The SMILES string of the molecule is CC(Br)C(=O)NC1(C)CCCCC1. The predicted molar refractivity (Wildman–Crippen MR) is 58.0 cm³/mol. The predicted octanol–water partition coefficient (Wildman–Crippen LogP) is 2.61. The van der Waals surface area contributed by atoms with Crippen LogP contribution >= 0.6 is 15.9 Å². The molecule has 0 aromatic carbocycles. The molecule has 76 valence electrons. The van der Waals surface area contributed by atoms with Crippen LogP contribution in [0, 0.1) is 0 Å². The number of carbonyl (C=O) groups excluding carboxylic acids is 1. The van der Waals surface area contributed by atoms with E-state index in [9.17, 15) is 4.79 Å². The molecule has 1 amide bonds. The summed E-state index contributed by atoms with van der Waals surface area (Å²) >= 11 is 3.28. The number of nitrogens with one attached hydrogen (secondary N) is 1. The Labute approximate surface area is 88.6 Å². The number of alkyl halides is 1. The molecule has 0 heterocycles. The molecular formula is C10H18BrNO. The maximum atomic E-state index is 11.5. The zero-order valence-corrected chi connectivity index (χ0v) is 9.99. The Morgan fingerprint density at radius 1 is 1.38 bits per heavy atom. The molecule has 3 heteroatoms. The molecule has 1 fully saturated rings. The smallest absolute Gasteiger partial charge is 0.233 e. The van der Waals surface area contributed by atoms with Crippen molar-refractivity contribution in [2.24, 2.45) is 0 Å². The largest absolute Gasteiger partial charge is 0.350 e. The summed E-state index contributed by atoms with van der Waals surface area (Å²) < 4.78 is 0. The van der Waals surface area contributed by atoms with E-state index >= 15 is 0 Å². The van der Waals surface area contributed by atoms with E-state index in [0.29, 0.717) is 0 Å². The highest BCUT2D eigenvalue weighted by Gasteiger charge is 2.29. The Morgan fingerprint density at radius 2 is 1.92 bits per heavy atom. The third-order valence-corrected chi connectivity index (χ3v) is 3.16. The fraction of sp³-hybridized carbons (Fsp3) is 0.900. The van der Waals surface area contributed by atoms with Gasteiger partial charge in [0.1, 0.15) is 0 Å². The van der Waals surface area contributed by atoms with Crippen molar-refractivity contribution in [3.05, 3.63) is 0 Å². The normalized spacial score (nSPS) is 23.6. The zero-order valence-electron chi connectivity index (χ0n) is 8.40. The average Bonchev–Trinajstić information content (AvgIpc) is 2.04. The van der Waals surface area contributed by atoms with Crippen LogP contribution in [0.4, 0.5) is 0 Å². The Bertz CT molecular complexity index is 185. The number of rotatable bonds is 2. The Balaban J connectivity index is 2.45. The minimum Gasteiger partial charge on any atom is -0.350 e. The number of halogens is 1. The summed E-state index contributed by atoms with van der Waals surface area (Å²) in [5, 5.41) is 3.11. The van der Waals surface area contributed by atoms with Crippen LogP contribution in [0.5, 0.6) is 0 Å². The molecule has 1 aliphatic carbocycles. The van der Waals surface area contributed by atoms with Crippen molar-refractivity contribution >= 4 is 21.8 Å². The highest BCUT2D eigenvalue weighted by Crippen LogP contribution is 2.27. The third-order valence-electron chi connectivity index (χ3n) is 2.74. The lowest BCUT2D eigenvalue weighted by atomic mass is 9.83. The van der Waals surface area contributed by atoms with Crippen molar-refractivity contribution < 1.29 is 4.79 Å². The van der Waals surface area contributed by atoms with Gasteiger partial charge in [0.2, 0.25) is 5.91 Å². The molecule has 1 aliphatic rings. The van der Waals surface area contributed by atoms with Gasteiger partial charge in [-0.15, -0.1) is 0 Å². The maximum Gasteiger partial charge on any atom is 0.233 e. The molecular weight excluding hydrogens is 230 g/mol. The summed E-state index contributed by atoms with van der Waals surface area (Å²) in [6.45, 7) is 4.01. The standard InChI is InChI=1S/C10H18BrNO/c1-8(11)9(13)12-10(2)6-4-3-5-7-10/h8H,3-7H2,1-2H3,(H,12,13). The molecule has 1 saturated carbocycles. The first kappa shape index (κ1) is 11.0. The lowest BCUT2D eigenvalue weighted by Gasteiger charge is -2.35. The second-order valence-corrected chi connectivity index (χ2v) is 5.60. The lowest BCUT2D eigenvalue weighted by Crippen LogP contribution is -2.49. The van der Waals surface area contributed by atoms with Gasteiger partial charge in [-0.05, 0) is 26.7 Å². The maximum absolute atomic E-state index is 11.5. The van der Waals surface area contributed by atoms with Crippen LogP contribution in [-0.2, 0) is 4.79 Å². The van der Waals surface area contributed by atoms with Crippen molar-refractivity contribution in [3.63, 3.8) is 0 Å². The molecule has 0 saturated heterocycles. The number of hydrogen-bond acceptors (Lipinski definition) is 1. The number of carbonyl (C=O) groups is 1. The van der Waals surface area contributed by atoms with E-state index in [-0.39, 0.29) is 16.3 Å². The van der Waals surface area contributed by atoms with Gasteiger partial charge in [-0.2, -0.15) is 0 Å². The second-order valence-electron chi connectivity index (χ2n) is 4.23. The van der Waals surface area contributed by atoms with E-state index in [2.05, 4.69) is 28.2 Å². The van der Waals surface area contributed by atoms with Crippen LogP contribution in [0.3, 0.4) is 0 Å². The van der Waals surface area contributed by atoms with Crippen molar-refractivity contribution in [1.82, 2.24) is 5.32 Å². The quantitative estimate of drug-likeness (QED) is 0.748. The Hall–Kier alpha value is -0.0500. The molecule has 1 unspecified atom stereocenters. The summed E-state index contributed by atoms with van der Waals surface area (Å²) in [5.74, 6) is 0.115. The van der Waals surface area contributed by atoms with Crippen LogP contribution in [0.2, 0.25) is 0 Å². The monoisotopic (exact) mass is 247 g/mol. The molecule has 1 rings (SSSR count). The van der Waals surface area contributed by atoms with Crippen LogP contribution in [0.15, 0.2) is 0 Å². The molecule has 2 nitrogen and oxygen atoms in total. The first-order valence-corrected chi connectivity index (χ1v) is 5.91. The molecule has 1 atom stereocenters. The highest BCUT2D eigenvalue weighted by molar-refractivity contribution is 9.10. The summed E-state index contributed by atoms with van der Waals surface area (Å²) in [7, 11) is 0. The van der Waals surface area contributed by atoms with Crippen LogP contribution in [0.1, 0.15) is 46.0 Å². The first-order chi connectivity index (χ1) is 6.03. The van der Waals surface area contributed by atoms with Crippen molar-refractivity contribution in [2.45, 2.75) is 56.3 Å². The fourth-order valence-corrected chi connectivity index (χ4v) is 1.97. The second kappa shape index (κ2) is 4.45. The molecule has 0 spiro atoms. The van der Waals surface area contributed by atoms with E-state index in [1.165, 1.54) is 19.3 Å². The molecule has 0 radical (unpaired) electrons. The van der Waals surface area contributed by atoms with Crippen molar-refractivity contribution in [3.8, 4) is 0 Å². The molecule has 0 bridgehead atoms. The van der Waals surface area contributed by atoms with E-state index in [1.54, 1.807) is 0 Å². The van der Waals surface area contributed by atoms with E-state index in [4.69, 9.17) is 0 Å². The minimum atomic E-state index is -0.0775. The van der Waals surface area contributed by atoms with E-state index < -0.39 is 0 Å². The molecule has 0 aromatic heterocycles. The average molecular weight is 248 g/mol. The molecule has 13 heavy (non-hydrogen) atoms. The minimum absolute atomic E-state index is 0.0529. The van der Waals surface area contributed by atoms with Gasteiger partial charge < -0.3 is 5.32 Å². The summed E-state index contributed by atoms with van der Waals surface area (Å²) in [6.07, 6.45) is 6.05. The molecule has 0 aromatic rings. The van der Waals surface area contributed by atoms with Gasteiger partial charge in [0.25, 0.3) is 0 Å². The number of amides is 1. The van der Waals surface area contributed by atoms with Crippen molar-refractivity contribution in [2.75, 3.05) is 0 Å². The summed E-state index contributed by atoms with van der Waals surface area (Å²) in [4.78, 5) is 11.4. The first-order valence-electron chi connectivity index (χ1n) is 5.00. The summed E-state index contributed by atoms with van der Waals surface area (Å²) in [5.41, 5.74) is 0.0529. The van der Waals surface area contributed by atoms with Gasteiger partial charge in [0, 0.05) is 5.54 Å². The van der Waals surface area contributed by atoms with Crippen LogP contribution in [0.25, 0.3) is 0 Å². The topological polar surface area (TPSA) is 29.1 Å². The van der Waals surface area contributed by atoms with Crippen molar-refractivity contribution in [1.29, 1.82) is 0 Å². The van der Waals surface area contributed by atoms with Gasteiger partial charge >= 0.3 is 0 Å². The van der Waals surface area contributed by atoms with Gasteiger partial charge in [0.05, 0.1) is 4.83 Å². The van der Waals surface area contributed by atoms with E-state index in [1.807, 2.05) is 6.92 Å². The van der Waals surface area contributed by atoms with Crippen LogP contribution < -0.4 is 5.32 Å². The highest BCUT2D eigenvalue weighted by atomic mass is 79.9. The van der Waals surface area contributed by atoms with Gasteiger partial charge in [0.15, 0.2) is 0 Å². The molecule has 1 N–H and O–H groups in total. The Kier molecular flexibility index (Phi) is 3.77. The third kappa shape index (κ3) is 3.29.